The molecule has 0 saturated carbocycles. The number of nitrogens with one attached hydrogen (secondary N) is 2. The number of benzene rings is 1. The molecule has 0 bridgehead atoms. The van der Waals surface area contributed by atoms with Gasteiger partial charge in [-0.05, 0) is 82.8 Å². The Morgan fingerprint density at radius 2 is 1.86 bits per heavy atom. The first-order chi connectivity index (χ1) is 14.1. The summed E-state index contributed by atoms with van der Waals surface area (Å²) in [6, 6.07) is 10.1. The third kappa shape index (κ3) is 4.93. The molecule has 2 N–H and O–H groups in total. The van der Waals surface area contributed by atoms with Crippen LogP contribution in [0.15, 0.2) is 30.3 Å². The minimum Gasteiger partial charge on any atom is -0.352 e. The predicted molar refractivity (Wildman–Crippen MR) is 115 cm³/mol. The van der Waals surface area contributed by atoms with E-state index in [2.05, 4.69) is 25.5 Å². The summed E-state index contributed by atoms with van der Waals surface area (Å²) in [7, 11) is 0. The molecule has 6 nitrogen and oxygen atoms in total. The molecule has 3 heterocycles. The largest absolute Gasteiger partial charge is 0.352 e. The Hall–Kier alpha value is -2.47. The van der Waals surface area contributed by atoms with Crippen molar-refractivity contribution >= 4 is 17.5 Å². The minimum atomic E-state index is -0.0112. The first kappa shape index (κ1) is 19.8. The molecule has 1 amide bonds. The van der Waals surface area contributed by atoms with Gasteiger partial charge in [-0.25, -0.2) is 9.97 Å². The van der Waals surface area contributed by atoms with Crippen LogP contribution in [-0.4, -0.2) is 46.5 Å². The first-order valence-corrected chi connectivity index (χ1v) is 10.8. The SMILES string of the molecule is Cc1cc(C)nc(Nc2cccc(C(=O)NC[C@H]3CCCN4CCCC[C@H]34)c2)n1. The molecule has 29 heavy (non-hydrogen) atoms. The van der Waals surface area contributed by atoms with E-state index in [0.717, 1.165) is 23.6 Å². The molecule has 4 rings (SSSR count). The van der Waals surface area contributed by atoms with E-state index in [9.17, 15) is 4.79 Å². The van der Waals surface area contributed by atoms with E-state index in [1.807, 2.05) is 44.2 Å². The fourth-order valence-electron chi connectivity index (χ4n) is 4.79. The maximum absolute atomic E-state index is 12.8. The molecule has 154 valence electrons. The van der Waals surface area contributed by atoms with Crippen LogP contribution >= 0.6 is 0 Å². The summed E-state index contributed by atoms with van der Waals surface area (Å²) in [4.78, 5) is 24.2. The van der Waals surface area contributed by atoms with E-state index in [1.54, 1.807) is 0 Å². The van der Waals surface area contributed by atoms with Gasteiger partial charge in [-0.1, -0.05) is 12.5 Å². The van der Waals surface area contributed by atoms with Crippen LogP contribution in [0, 0.1) is 19.8 Å². The smallest absolute Gasteiger partial charge is 0.251 e. The Bertz CT molecular complexity index is 846. The summed E-state index contributed by atoms with van der Waals surface area (Å²) < 4.78 is 0. The van der Waals surface area contributed by atoms with Gasteiger partial charge in [0, 0.05) is 35.2 Å². The highest BCUT2D eigenvalue weighted by Gasteiger charge is 2.32. The fraction of sp³-hybridized carbons (Fsp3) is 0.522. The fourth-order valence-corrected chi connectivity index (χ4v) is 4.79. The van der Waals surface area contributed by atoms with Gasteiger partial charge in [-0.2, -0.15) is 0 Å². The Morgan fingerprint density at radius 1 is 1.07 bits per heavy atom. The average Bonchev–Trinajstić information content (AvgIpc) is 2.71. The quantitative estimate of drug-likeness (QED) is 0.808. The number of fused-ring (bicyclic) bond motifs is 1. The summed E-state index contributed by atoms with van der Waals surface area (Å²) in [5.74, 6) is 1.11. The highest BCUT2D eigenvalue weighted by atomic mass is 16.1. The number of aryl methyl sites for hydroxylation is 2. The zero-order valence-corrected chi connectivity index (χ0v) is 17.4. The van der Waals surface area contributed by atoms with E-state index >= 15 is 0 Å². The van der Waals surface area contributed by atoms with Crippen LogP contribution in [0.1, 0.15) is 53.8 Å². The van der Waals surface area contributed by atoms with Gasteiger partial charge in [-0.15, -0.1) is 0 Å². The number of aromatic nitrogens is 2. The summed E-state index contributed by atoms with van der Waals surface area (Å²) in [6.45, 7) is 7.11. The first-order valence-electron chi connectivity index (χ1n) is 10.8. The van der Waals surface area contributed by atoms with Gasteiger partial charge in [-0.3, -0.25) is 4.79 Å². The van der Waals surface area contributed by atoms with Crippen molar-refractivity contribution in [2.45, 2.75) is 52.0 Å². The predicted octanol–water partition coefficient (Wildman–Crippen LogP) is 3.83. The number of nitrogens with zero attached hydrogens (tertiary/aromatic N) is 3. The van der Waals surface area contributed by atoms with Gasteiger partial charge in [0.2, 0.25) is 5.95 Å². The van der Waals surface area contributed by atoms with Crippen LogP contribution in [0.3, 0.4) is 0 Å². The Kier molecular flexibility index (Phi) is 6.09. The molecule has 2 aliphatic rings. The van der Waals surface area contributed by atoms with Gasteiger partial charge in [0.15, 0.2) is 0 Å². The molecule has 0 aliphatic carbocycles. The second kappa shape index (κ2) is 8.91. The van der Waals surface area contributed by atoms with Gasteiger partial charge < -0.3 is 15.5 Å². The lowest BCUT2D eigenvalue weighted by Crippen LogP contribution is -2.51. The number of anilines is 2. The summed E-state index contributed by atoms with van der Waals surface area (Å²) in [5, 5.41) is 6.40. The molecule has 1 aromatic heterocycles. The summed E-state index contributed by atoms with van der Waals surface area (Å²) in [6.07, 6.45) is 6.37. The van der Waals surface area contributed by atoms with Crippen molar-refractivity contribution in [1.82, 2.24) is 20.2 Å². The molecule has 6 heteroatoms. The maximum Gasteiger partial charge on any atom is 0.251 e. The standard InChI is InChI=1S/C23H31N5O/c1-16-13-17(2)26-23(25-16)27-20-9-5-7-18(14-20)22(29)24-15-19-8-6-12-28-11-4-3-10-21(19)28/h5,7,9,13-14,19,21H,3-4,6,8,10-12,15H2,1-2H3,(H,24,29)(H,25,26,27)/t19-,21-/m1/s1. The van der Waals surface area contributed by atoms with Gasteiger partial charge in [0.1, 0.15) is 0 Å². The van der Waals surface area contributed by atoms with Gasteiger partial charge >= 0.3 is 0 Å². The number of hydrogen-bond acceptors (Lipinski definition) is 5. The zero-order valence-electron chi connectivity index (χ0n) is 17.4. The molecule has 2 fully saturated rings. The highest BCUT2D eigenvalue weighted by molar-refractivity contribution is 5.95. The van der Waals surface area contributed by atoms with E-state index in [0.29, 0.717) is 23.5 Å². The van der Waals surface area contributed by atoms with E-state index in [1.165, 1.54) is 45.2 Å². The summed E-state index contributed by atoms with van der Waals surface area (Å²) in [5.41, 5.74) is 3.31. The minimum absolute atomic E-state index is 0.0112. The number of piperidine rings is 2. The van der Waals surface area contributed by atoms with Crippen LogP contribution in [0.5, 0.6) is 0 Å². The third-order valence-electron chi connectivity index (χ3n) is 6.12. The molecule has 2 atom stereocenters. The van der Waals surface area contributed by atoms with E-state index in [4.69, 9.17) is 0 Å². The molecular weight excluding hydrogens is 362 g/mol. The number of hydrogen-bond donors (Lipinski definition) is 2. The Labute approximate surface area is 173 Å². The molecule has 0 unspecified atom stereocenters. The molecular formula is C23H31N5O. The lowest BCUT2D eigenvalue weighted by atomic mass is 9.83. The van der Waals surface area contributed by atoms with Crippen molar-refractivity contribution in [2.75, 3.05) is 25.0 Å². The molecule has 2 aliphatic heterocycles. The Morgan fingerprint density at radius 3 is 2.69 bits per heavy atom. The lowest BCUT2D eigenvalue weighted by Gasteiger charge is -2.44. The van der Waals surface area contributed by atoms with Crippen molar-refractivity contribution in [1.29, 1.82) is 0 Å². The van der Waals surface area contributed by atoms with Crippen molar-refractivity contribution in [2.24, 2.45) is 5.92 Å². The molecule has 2 saturated heterocycles. The van der Waals surface area contributed by atoms with Crippen molar-refractivity contribution in [3.05, 3.63) is 47.3 Å². The number of carbonyl (C=O) groups excluding carboxylic acids is 1. The lowest BCUT2D eigenvalue weighted by molar-refractivity contribution is 0.0575. The van der Waals surface area contributed by atoms with Crippen LogP contribution in [0.25, 0.3) is 0 Å². The van der Waals surface area contributed by atoms with Crippen LogP contribution in [0.4, 0.5) is 11.6 Å². The van der Waals surface area contributed by atoms with Crippen LogP contribution in [0.2, 0.25) is 0 Å². The average molecular weight is 394 g/mol. The van der Waals surface area contributed by atoms with Gasteiger partial charge in [0.25, 0.3) is 5.91 Å². The zero-order chi connectivity index (χ0) is 20.2. The molecule has 0 spiro atoms. The van der Waals surface area contributed by atoms with Crippen molar-refractivity contribution in [3.63, 3.8) is 0 Å². The van der Waals surface area contributed by atoms with Gasteiger partial charge in [0.05, 0.1) is 0 Å². The highest BCUT2D eigenvalue weighted by Crippen LogP contribution is 2.30. The Balaban J connectivity index is 1.38. The monoisotopic (exact) mass is 393 g/mol. The second-order valence-electron chi connectivity index (χ2n) is 8.39. The number of carbonyl (C=O) groups is 1. The van der Waals surface area contributed by atoms with Crippen LogP contribution < -0.4 is 10.6 Å². The molecule has 2 aromatic rings. The van der Waals surface area contributed by atoms with Crippen molar-refractivity contribution < 1.29 is 4.79 Å². The summed E-state index contributed by atoms with van der Waals surface area (Å²) >= 11 is 0. The topological polar surface area (TPSA) is 70.2 Å². The third-order valence-corrected chi connectivity index (χ3v) is 6.12. The normalized spacial score (nSPS) is 22.0. The van der Waals surface area contributed by atoms with E-state index < -0.39 is 0 Å². The van der Waals surface area contributed by atoms with Crippen LogP contribution in [-0.2, 0) is 0 Å². The maximum atomic E-state index is 12.8. The number of rotatable bonds is 5. The second-order valence-corrected chi connectivity index (χ2v) is 8.39. The molecule has 1 aromatic carbocycles. The van der Waals surface area contributed by atoms with Crippen molar-refractivity contribution in [3.8, 4) is 0 Å². The van der Waals surface area contributed by atoms with E-state index in [-0.39, 0.29) is 5.91 Å². The molecule has 0 radical (unpaired) electrons. The number of amides is 1.